The number of anilines is 1. The number of ether oxygens (including phenoxy) is 1. The lowest BCUT2D eigenvalue weighted by molar-refractivity contribution is -0.384. The van der Waals surface area contributed by atoms with Crippen LogP contribution in [0, 0.1) is 17.0 Å². The number of hydrogen-bond acceptors (Lipinski definition) is 5. The van der Waals surface area contributed by atoms with Crippen LogP contribution in [0.1, 0.15) is 29.2 Å². The fourth-order valence-electron chi connectivity index (χ4n) is 3.08. The molecule has 7 heteroatoms. The molecule has 0 unspecified atom stereocenters. The van der Waals surface area contributed by atoms with Crippen molar-refractivity contribution in [1.29, 1.82) is 0 Å². The predicted octanol–water partition coefficient (Wildman–Crippen LogP) is 4.76. The molecule has 1 amide bonds. The van der Waals surface area contributed by atoms with Crippen molar-refractivity contribution in [2.45, 2.75) is 25.9 Å². The van der Waals surface area contributed by atoms with Gasteiger partial charge in [0.1, 0.15) is 5.69 Å². The van der Waals surface area contributed by atoms with Gasteiger partial charge in [-0.1, -0.05) is 66.7 Å². The van der Waals surface area contributed by atoms with E-state index in [9.17, 15) is 19.7 Å². The third-order valence-corrected chi connectivity index (χ3v) is 4.66. The van der Waals surface area contributed by atoms with Gasteiger partial charge in [0.2, 0.25) is 6.10 Å². The highest BCUT2D eigenvalue weighted by Crippen LogP contribution is 2.28. The highest BCUT2D eigenvalue weighted by atomic mass is 16.6. The molecule has 3 aromatic rings. The summed E-state index contributed by atoms with van der Waals surface area (Å²) in [4.78, 5) is 36.2. The van der Waals surface area contributed by atoms with Crippen LogP contribution in [0.15, 0.2) is 78.9 Å². The molecule has 0 aliphatic heterocycles. The van der Waals surface area contributed by atoms with Gasteiger partial charge in [-0.25, -0.2) is 0 Å². The first-order valence-corrected chi connectivity index (χ1v) is 9.78. The number of esters is 1. The zero-order valence-corrected chi connectivity index (χ0v) is 17.0. The first-order valence-electron chi connectivity index (χ1n) is 9.78. The van der Waals surface area contributed by atoms with Crippen molar-refractivity contribution in [2.75, 3.05) is 5.32 Å². The maximum Gasteiger partial charge on any atom is 0.307 e. The topological polar surface area (TPSA) is 98.5 Å². The molecule has 0 saturated carbocycles. The summed E-state index contributed by atoms with van der Waals surface area (Å²) >= 11 is 0. The molecule has 31 heavy (non-hydrogen) atoms. The highest BCUT2D eigenvalue weighted by Gasteiger charge is 2.27. The number of nitrogens with zero attached hydrogens (tertiary/aromatic N) is 1. The first kappa shape index (κ1) is 21.7. The molecule has 0 heterocycles. The van der Waals surface area contributed by atoms with Gasteiger partial charge >= 0.3 is 5.97 Å². The standard InChI is InChI=1S/C24H22N2O5/c1-17-12-14-20(21(16-17)26(29)30)25-24(28)23(19-10-6-3-7-11-19)31-22(27)15-13-18-8-4-2-5-9-18/h2-12,14,16,23H,13,15H2,1H3,(H,25,28)/t23-/m1/s1. The van der Waals surface area contributed by atoms with Gasteiger partial charge < -0.3 is 10.1 Å². The fraction of sp³-hybridized carbons (Fsp3) is 0.167. The van der Waals surface area contributed by atoms with Gasteiger partial charge in [-0.3, -0.25) is 19.7 Å². The third kappa shape index (κ3) is 5.99. The van der Waals surface area contributed by atoms with Gasteiger partial charge in [0.15, 0.2) is 0 Å². The smallest absolute Gasteiger partial charge is 0.307 e. The average Bonchev–Trinajstić information content (AvgIpc) is 2.78. The molecule has 0 aromatic heterocycles. The van der Waals surface area contributed by atoms with E-state index in [4.69, 9.17) is 4.74 Å². The van der Waals surface area contributed by atoms with Crippen LogP contribution in [0.4, 0.5) is 11.4 Å². The normalized spacial score (nSPS) is 11.4. The molecule has 7 nitrogen and oxygen atoms in total. The molecule has 1 atom stereocenters. The molecule has 0 spiro atoms. The number of carbonyl (C=O) groups is 2. The first-order chi connectivity index (χ1) is 14.9. The molecule has 0 fully saturated rings. The Morgan fingerprint density at radius 1 is 1.00 bits per heavy atom. The maximum atomic E-state index is 13.0. The minimum atomic E-state index is -1.23. The van der Waals surface area contributed by atoms with Crippen molar-refractivity contribution >= 4 is 23.3 Å². The fourth-order valence-corrected chi connectivity index (χ4v) is 3.08. The SMILES string of the molecule is Cc1ccc(NC(=O)[C@H](OC(=O)CCc2ccccc2)c2ccccc2)c([N+](=O)[O-])c1. The van der Waals surface area contributed by atoms with Crippen LogP contribution in [-0.4, -0.2) is 16.8 Å². The number of rotatable bonds is 8. The van der Waals surface area contributed by atoms with Crippen molar-refractivity contribution < 1.29 is 19.2 Å². The lowest BCUT2D eigenvalue weighted by atomic mass is 10.1. The quantitative estimate of drug-likeness (QED) is 0.323. The van der Waals surface area contributed by atoms with Crippen LogP contribution in [0.5, 0.6) is 0 Å². The third-order valence-electron chi connectivity index (χ3n) is 4.66. The Labute approximate surface area is 179 Å². The zero-order valence-electron chi connectivity index (χ0n) is 17.0. The summed E-state index contributed by atoms with van der Waals surface area (Å²) in [6.45, 7) is 1.72. The van der Waals surface area contributed by atoms with Crippen molar-refractivity contribution in [3.63, 3.8) is 0 Å². The van der Waals surface area contributed by atoms with Crippen LogP contribution in [0.3, 0.4) is 0 Å². The minimum Gasteiger partial charge on any atom is -0.447 e. The molecule has 0 aliphatic rings. The molecular weight excluding hydrogens is 396 g/mol. The van der Waals surface area contributed by atoms with Gasteiger partial charge in [-0.2, -0.15) is 0 Å². The van der Waals surface area contributed by atoms with E-state index in [-0.39, 0.29) is 17.8 Å². The number of nitro groups is 1. The predicted molar refractivity (Wildman–Crippen MR) is 117 cm³/mol. The van der Waals surface area contributed by atoms with E-state index in [1.807, 2.05) is 30.3 Å². The summed E-state index contributed by atoms with van der Waals surface area (Å²) in [6.07, 6.45) is -0.650. The van der Waals surface area contributed by atoms with Crippen molar-refractivity contribution in [3.8, 4) is 0 Å². The Kier molecular flexibility index (Phi) is 7.11. The maximum absolute atomic E-state index is 13.0. The lowest BCUT2D eigenvalue weighted by Crippen LogP contribution is -2.26. The molecule has 0 radical (unpaired) electrons. The van der Waals surface area contributed by atoms with Gasteiger partial charge in [0, 0.05) is 18.1 Å². The molecule has 3 aromatic carbocycles. The van der Waals surface area contributed by atoms with E-state index >= 15 is 0 Å². The Bertz CT molecular complexity index is 1070. The largest absolute Gasteiger partial charge is 0.447 e. The van der Waals surface area contributed by atoms with Crippen molar-refractivity contribution in [2.24, 2.45) is 0 Å². The zero-order chi connectivity index (χ0) is 22.2. The van der Waals surface area contributed by atoms with E-state index in [0.717, 1.165) is 5.56 Å². The van der Waals surface area contributed by atoms with Crippen LogP contribution in [-0.2, 0) is 20.7 Å². The minimum absolute atomic E-state index is 0.0434. The summed E-state index contributed by atoms with van der Waals surface area (Å²) < 4.78 is 5.50. The monoisotopic (exact) mass is 418 g/mol. The molecule has 0 aliphatic carbocycles. The number of hydrogen-bond donors (Lipinski definition) is 1. The van der Waals surface area contributed by atoms with Crippen LogP contribution in [0.2, 0.25) is 0 Å². The number of aryl methyl sites for hydroxylation is 2. The van der Waals surface area contributed by atoms with Crippen LogP contribution >= 0.6 is 0 Å². The Hall–Kier alpha value is -4.00. The summed E-state index contributed by atoms with van der Waals surface area (Å²) in [6, 6.07) is 22.5. The van der Waals surface area contributed by atoms with E-state index < -0.39 is 22.9 Å². The molecule has 0 bridgehead atoms. The average molecular weight is 418 g/mol. The number of nitro benzene ring substituents is 1. The molecule has 1 N–H and O–H groups in total. The van der Waals surface area contributed by atoms with E-state index in [0.29, 0.717) is 17.5 Å². The number of carbonyl (C=O) groups excluding carboxylic acids is 2. The summed E-state index contributed by atoms with van der Waals surface area (Å²) in [5.41, 5.74) is 1.97. The molecular formula is C24H22N2O5. The van der Waals surface area contributed by atoms with Crippen molar-refractivity contribution in [1.82, 2.24) is 0 Å². The Balaban J connectivity index is 1.77. The summed E-state index contributed by atoms with van der Waals surface area (Å²) in [5.74, 6) is -1.20. The second-order valence-corrected chi connectivity index (χ2v) is 7.03. The number of nitrogens with one attached hydrogen (secondary N) is 1. The van der Waals surface area contributed by atoms with E-state index in [1.165, 1.54) is 12.1 Å². The Morgan fingerprint density at radius 2 is 1.65 bits per heavy atom. The van der Waals surface area contributed by atoms with E-state index in [1.54, 1.807) is 43.3 Å². The highest BCUT2D eigenvalue weighted by molar-refractivity contribution is 5.97. The van der Waals surface area contributed by atoms with E-state index in [2.05, 4.69) is 5.32 Å². The Morgan fingerprint density at radius 3 is 2.29 bits per heavy atom. The second-order valence-electron chi connectivity index (χ2n) is 7.03. The lowest BCUT2D eigenvalue weighted by Gasteiger charge is -2.18. The number of benzene rings is 3. The van der Waals surface area contributed by atoms with Gasteiger partial charge in [0.05, 0.1) is 4.92 Å². The molecule has 158 valence electrons. The van der Waals surface area contributed by atoms with Crippen molar-refractivity contribution in [3.05, 3.63) is 106 Å². The van der Waals surface area contributed by atoms with Crippen LogP contribution < -0.4 is 5.32 Å². The molecule has 3 rings (SSSR count). The summed E-state index contributed by atoms with van der Waals surface area (Å²) in [7, 11) is 0. The van der Waals surface area contributed by atoms with Gasteiger partial charge in [-0.05, 0) is 30.5 Å². The van der Waals surface area contributed by atoms with Gasteiger partial charge in [0.25, 0.3) is 11.6 Å². The van der Waals surface area contributed by atoms with Crippen LogP contribution in [0.25, 0.3) is 0 Å². The molecule has 0 saturated heterocycles. The second kappa shape index (κ2) is 10.2. The summed E-state index contributed by atoms with van der Waals surface area (Å²) in [5, 5.41) is 13.9. The number of amides is 1. The van der Waals surface area contributed by atoms with Gasteiger partial charge in [-0.15, -0.1) is 0 Å².